The fraction of sp³-hybridized carbons (Fsp3) is 0.909. The van der Waals surface area contributed by atoms with E-state index in [-0.39, 0.29) is 24.1 Å². The average Bonchev–Trinajstić information content (AvgIpc) is 2.18. The summed E-state index contributed by atoms with van der Waals surface area (Å²) in [6.07, 6.45) is 4.40. The van der Waals surface area contributed by atoms with Gasteiger partial charge in [-0.15, -0.1) is 0 Å². The molecule has 15 heavy (non-hydrogen) atoms. The number of primary amides is 1. The number of carbonyl (C=O) groups is 1. The van der Waals surface area contributed by atoms with E-state index in [0.717, 1.165) is 25.7 Å². The van der Waals surface area contributed by atoms with Gasteiger partial charge in [-0.1, -0.05) is 19.8 Å². The molecule has 0 bridgehead atoms. The van der Waals surface area contributed by atoms with Crippen LogP contribution in [-0.4, -0.2) is 41.1 Å². The first-order valence-electron chi connectivity index (χ1n) is 5.77. The minimum atomic E-state index is -0.308. The quantitative estimate of drug-likeness (QED) is 0.715. The molecule has 3 unspecified atom stereocenters. The number of nitrogens with two attached hydrogens (primary N) is 1. The zero-order valence-corrected chi connectivity index (χ0v) is 9.65. The Kier molecular flexibility index (Phi) is 4.54. The third-order valence-electron chi connectivity index (χ3n) is 3.42. The van der Waals surface area contributed by atoms with Gasteiger partial charge in [0.1, 0.15) is 0 Å². The van der Waals surface area contributed by atoms with E-state index in [9.17, 15) is 9.90 Å². The molecule has 1 aliphatic rings. The van der Waals surface area contributed by atoms with Gasteiger partial charge in [-0.25, -0.2) is 0 Å². The Bertz CT molecular complexity index is 221. The van der Waals surface area contributed by atoms with Crippen LogP contribution in [0.3, 0.4) is 0 Å². The van der Waals surface area contributed by atoms with Gasteiger partial charge in [0.15, 0.2) is 0 Å². The molecule has 0 aliphatic heterocycles. The molecule has 0 heterocycles. The number of carbonyl (C=O) groups excluding carboxylic acids is 1. The van der Waals surface area contributed by atoms with Gasteiger partial charge in [0.25, 0.3) is 0 Å². The number of hydrogen-bond acceptors (Lipinski definition) is 3. The molecule has 3 N–H and O–H groups in total. The first-order chi connectivity index (χ1) is 7.07. The molecular weight excluding hydrogens is 192 g/mol. The van der Waals surface area contributed by atoms with Crippen molar-refractivity contribution >= 4 is 5.91 Å². The molecule has 1 amide bonds. The smallest absolute Gasteiger partial charge is 0.234 e. The van der Waals surface area contributed by atoms with E-state index in [1.807, 2.05) is 18.9 Å². The lowest BCUT2D eigenvalue weighted by atomic mass is 9.90. The maximum atomic E-state index is 11.2. The highest BCUT2D eigenvalue weighted by molar-refractivity contribution is 5.79. The Morgan fingerprint density at radius 1 is 1.53 bits per heavy atom. The lowest BCUT2D eigenvalue weighted by molar-refractivity contribution is -0.125. The van der Waals surface area contributed by atoms with Crippen LogP contribution in [0.2, 0.25) is 0 Å². The summed E-state index contributed by atoms with van der Waals surface area (Å²) >= 11 is 0. The molecule has 0 spiro atoms. The maximum absolute atomic E-state index is 11.2. The highest BCUT2D eigenvalue weighted by Gasteiger charge is 2.31. The van der Waals surface area contributed by atoms with Gasteiger partial charge in [0.2, 0.25) is 5.91 Å². The number of nitrogens with zero attached hydrogens (tertiary/aromatic N) is 1. The predicted octanol–water partition coefficient (Wildman–Crippen LogP) is 0.486. The molecule has 3 atom stereocenters. The third kappa shape index (κ3) is 2.92. The topological polar surface area (TPSA) is 66.6 Å². The van der Waals surface area contributed by atoms with Crippen LogP contribution in [0.25, 0.3) is 0 Å². The first kappa shape index (κ1) is 12.5. The zero-order chi connectivity index (χ0) is 11.4. The fourth-order valence-corrected chi connectivity index (χ4v) is 2.49. The second kappa shape index (κ2) is 5.47. The summed E-state index contributed by atoms with van der Waals surface area (Å²) in [6.45, 7) is 1.95. The predicted molar refractivity (Wildman–Crippen MR) is 59.3 cm³/mol. The summed E-state index contributed by atoms with van der Waals surface area (Å²) < 4.78 is 0. The number of hydrogen-bond donors (Lipinski definition) is 2. The molecule has 0 aromatic carbocycles. The lowest BCUT2D eigenvalue weighted by Gasteiger charge is -2.38. The average molecular weight is 214 g/mol. The summed E-state index contributed by atoms with van der Waals surface area (Å²) in [6, 6.07) is -0.154. The van der Waals surface area contributed by atoms with E-state index < -0.39 is 0 Å². The summed E-state index contributed by atoms with van der Waals surface area (Å²) in [5.41, 5.74) is 5.34. The highest BCUT2D eigenvalue weighted by Crippen LogP contribution is 2.24. The lowest BCUT2D eigenvalue weighted by Crippen LogP contribution is -2.52. The molecule has 0 aromatic rings. The Morgan fingerprint density at radius 2 is 2.13 bits per heavy atom. The van der Waals surface area contributed by atoms with Gasteiger partial charge in [0.05, 0.1) is 12.1 Å². The van der Waals surface area contributed by atoms with E-state index in [1.54, 1.807) is 0 Å². The Labute approximate surface area is 91.4 Å². The van der Waals surface area contributed by atoms with E-state index in [1.165, 1.54) is 0 Å². The molecule has 0 radical (unpaired) electrons. The number of aliphatic hydroxyl groups is 1. The number of likely N-dealkylation sites (N-methyl/N-ethyl adjacent to an activating group) is 1. The van der Waals surface area contributed by atoms with Crippen LogP contribution in [-0.2, 0) is 4.79 Å². The van der Waals surface area contributed by atoms with Crippen LogP contribution in [0.5, 0.6) is 0 Å². The van der Waals surface area contributed by atoms with Crippen molar-refractivity contribution in [3.63, 3.8) is 0 Å². The molecule has 0 aromatic heterocycles. The Balaban J connectivity index is 2.63. The first-order valence-corrected chi connectivity index (χ1v) is 5.77. The number of rotatable bonds is 4. The Morgan fingerprint density at radius 3 is 2.60 bits per heavy atom. The van der Waals surface area contributed by atoms with Crippen LogP contribution in [0, 0.1) is 0 Å². The SMILES string of the molecule is CCC(C(N)=O)N(C)C1CCCCC1O. The van der Waals surface area contributed by atoms with E-state index >= 15 is 0 Å². The molecule has 1 rings (SSSR count). The normalized spacial score (nSPS) is 29.1. The zero-order valence-electron chi connectivity index (χ0n) is 9.65. The molecule has 88 valence electrons. The van der Waals surface area contributed by atoms with E-state index in [0.29, 0.717) is 6.42 Å². The van der Waals surface area contributed by atoms with Gasteiger partial charge < -0.3 is 10.8 Å². The monoisotopic (exact) mass is 214 g/mol. The largest absolute Gasteiger partial charge is 0.391 e. The highest BCUT2D eigenvalue weighted by atomic mass is 16.3. The molecule has 1 aliphatic carbocycles. The van der Waals surface area contributed by atoms with Crippen molar-refractivity contribution in [2.24, 2.45) is 5.73 Å². The van der Waals surface area contributed by atoms with Gasteiger partial charge in [-0.05, 0) is 26.3 Å². The van der Waals surface area contributed by atoms with Gasteiger partial charge in [-0.3, -0.25) is 9.69 Å². The standard InChI is InChI=1S/C11H22N2O2/c1-3-8(11(12)15)13(2)9-6-4-5-7-10(9)14/h8-10,14H,3-7H2,1-2H3,(H2,12,15). The molecule has 4 nitrogen and oxygen atoms in total. The minimum Gasteiger partial charge on any atom is -0.391 e. The summed E-state index contributed by atoms with van der Waals surface area (Å²) in [4.78, 5) is 13.2. The second-order valence-corrected chi connectivity index (χ2v) is 4.41. The van der Waals surface area contributed by atoms with Crippen LogP contribution >= 0.6 is 0 Å². The van der Waals surface area contributed by atoms with Crippen LogP contribution in [0.1, 0.15) is 39.0 Å². The maximum Gasteiger partial charge on any atom is 0.234 e. The molecule has 4 heteroatoms. The summed E-state index contributed by atoms with van der Waals surface area (Å²) in [7, 11) is 1.89. The molecule has 1 fully saturated rings. The van der Waals surface area contributed by atoms with Crippen LogP contribution in [0.4, 0.5) is 0 Å². The van der Waals surface area contributed by atoms with Crippen molar-refractivity contribution in [1.29, 1.82) is 0 Å². The Hall–Kier alpha value is -0.610. The van der Waals surface area contributed by atoms with E-state index in [2.05, 4.69) is 0 Å². The second-order valence-electron chi connectivity index (χ2n) is 4.41. The van der Waals surface area contributed by atoms with Gasteiger partial charge in [-0.2, -0.15) is 0 Å². The molecule has 0 saturated heterocycles. The van der Waals surface area contributed by atoms with E-state index in [4.69, 9.17) is 5.73 Å². The number of aliphatic hydroxyl groups excluding tert-OH is 1. The fourth-order valence-electron chi connectivity index (χ4n) is 2.49. The van der Waals surface area contributed by atoms with Crippen molar-refractivity contribution < 1.29 is 9.90 Å². The third-order valence-corrected chi connectivity index (χ3v) is 3.42. The van der Waals surface area contributed by atoms with Gasteiger partial charge in [0, 0.05) is 6.04 Å². The summed E-state index contributed by atoms with van der Waals surface area (Å²) in [5, 5.41) is 9.87. The molecular formula is C11H22N2O2. The van der Waals surface area contributed by atoms with Crippen LogP contribution < -0.4 is 5.73 Å². The van der Waals surface area contributed by atoms with Crippen molar-refractivity contribution in [3.05, 3.63) is 0 Å². The van der Waals surface area contributed by atoms with Gasteiger partial charge >= 0.3 is 0 Å². The number of amides is 1. The van der Waals surface area contributed by atoms with Crippen molar-refractivity contribution in [3.8, 4) is 0 Å². The molecule has 1 saturated carbocycles. The van der Waals surface area contributed by atoms with Crippen molar-refractivity contribution in [2.45, 2.75) is 57.2 Å². The minimum absolute atomic E-state index is 0.0937. The van der Waals surface area contributed by atoms with Crippen molar-refractivity contribution in [2.75, 3.05) is 7.05 Å². The summed E-state index contributed by atoms with van der Waals surface area (Å²) in [5.74, 6) is -0.294. The van der Waals surface area contributed by atoms with Crippen molar-refractivity contribution in [1.82, 2.24) is 4.90 Å². The van der Waals surface area contributed by atoms with Crippen LogP contribution in [0.15, 0.2) is 0 Å².